The Kier molecular flexibility index (Phi) is 17.7. The van der Waals surface area contributed by atoms with Crippen molar-refractivity contribution in [2.24, 2.45) is 0 Å². The highest BCUT2D eigenvalue weighted by Gasteiger charge is 2.29. The molecule has 216 valence electrons. The summed E-state index contributed by atoms with van der Waals surface area (Å²) < 4.78 is 0. The normalized spacial score (nSPS) is 18.8. The quantitative estimate of drug-likeness (QED) is 0.343. The van der Waals surface area contributed by atoms with Gasteiger partial charge >= 0.3 is 5.97 Å². The van der Waals surface area contributed by atoms with E-state index in [2.05, 4.69) is 47.7 Å². The van der Waals surface area contributed by atoms with Crippen LogP contribution in [0.25, 0.3) is 0 Å². The van der Waals surface area contributed by atoms with Gasteiger partial charge in [0.25, 0.3) is 0 Å². The maximum atomic E-state index is 12.5. The van der Waals surface area contributed by atoms with Gasteiger partial charge in [-0.1, -0.05) is 50.6 Å². The molecule has 0 radical (unpaired) electrons. The van der Waals surface area contributed by atoms with Gasteiger partial charge < -0.3 is 20.6 Å². The van der Waals surface area contributed by atoms with Crippen molar-refractivity contribution in [1.82, 2.24) is 20.5 Å². The Morgan fingerprint density at radius 1 is 1.15 bits per heavy atom. The van der Waals surface area contributed by atoms with E-state index in [4.69, 9.17) is 5.11 Å². The van der Waals surface area contributed by atoms with Gasteiger partial charge in [0.1, 0.15) is 6.42 Å². The number of nitrogens with one attached hydrogen (secondary N) is 2. The van der Waals surface area contributed by atoms with Crippen LogP contribution >= 0.6 is 0 Å². The number of hydrogen-bond donors (Lipinski definition) is 3. The molecule has 0 aromatic carbocycles. The molecule has 3 rings (SSSR count). The molecule has 0 aliphatic carbocycles. The predicted molar refractivity (Wildman–Crippen MR) is 157 cm³/mol. The molecular weight excluding hydrogens is 492 g/mol. The lowest BCUT2D eigenvalue weighted by Gasteiger charge is -2.25. The summed E-state index contributed by atoms with van der Waals surface area (Å²) in [5, 5.41) is 14.6. The Morgan fingerprint density at radius 3 is 2.51 bits per heavy atom. The fourth-order valence-corrected chi connectivity index (χ4v) is 4.44. The zero-order valence-corrected chi connectivity index (χ0v) is 24.2. The first kappa shape index (κ1) is 33.6. The minimum absolute atomic E-state index is 0.0506. The molecule has 1 aromatic rings. The standard InChI is InChI=1S/C24H37N3O4.C5H5N.C2H6/c1-3-6-21-19(7-4-14-25-21)11-9-18(2)10-12-20-8-5-16-27(20)23(29)17-22(28)26-15-13-24(30)31;1-2-4-6-5-3-1;1-2/h6,9,11,20,25H,3-5,7-8,10,12-17H2,1-2H3,(H,26,28)(H,30,31);1-5H;1-2H3/b18-9+,19-11-,21-6-;;. The summed E-state index contributed by atoms with van der Waals surface area (Å²) in [5.74, 6) is -1.54. The van der Waals surface area contributed by atoms with Crippen LogP contribution in [0.3, 0.4) is 0 Å². The summed E-state index contributed by atoms with van der Waals surface area (Å²) in [6, 6.07) is 5.88. The van der Waals surface area contributed by atoms with Crippen LogP contribution in [0.1, 0.15) is 85.5 Å². The smallest absolute Gasteiger partial charge is 0.305 e. The van der Waals surface area contributed by atoms with Gasteiger partial charge in [-0.25, -0.2) is 0 Å². The molecular formula is C31H48N4O4. The second-order valence-electron chi connectivity index (χ2n) is 9.38. The number of pyridine rings is 1. The molecule has 8 nitrogen and oxygen atoms in total. The van der Waals surface area contributed by atoms with E-state index >= 15 is 0 Å². The van der Waals surface area contributed by atoms with Crippen LogP contribution in [-0.4, -0.2) is 58.5 Å². The summed E-state index contributed by atoms with van der Waals surface area (Å²) in [6.07, 6.45) is 16.8. The Balaban J connectivity index is 0.000000821. The number of allylic oxidation sites excluding steroid dienone is 5. The summed E-state index contributed by atoms with van der Waals surface area (Å²) in [6.45, 7) is 10.1. The van der Waals surface area contributed by atoms with E-state index < -0.39 is 11.9 Å². The average molecular weight is 541 g/mol. The monoisotopic (exact) mass is 540 g/mol. The SMILES string of the molecule is CC.CC\C=C1/NCCC/C1=C/C=C(\C)CCC1CCCN1C(=O)CC(=O)NCCC(=O)O.c1ccncc1. The number of carbonyl (C=O) groups excluding carboxylic acids is 2. The van der Waals surface area contributed by atoms with Gasteiger partial charge in [-0.2, -0.15) is 0 Å². The lowest BCUT2D eigenvalue weighted by Crippen LogP contribution is -2.39. The lowest BCUT2D eigenvalue weighted by molar-refractivity contribution is -0.137. The summed E-state index contributed by atoms with van der Waals surface area (Å²) in [5.41, 5.74) is 3.91. The molecule has 2 aliphatic rings. The highest BCUT2D eigenvalue weighted by atomic mass is 16.4. The molecule has 2 aliphatic heterocycles. The van der Waals surface area contributed by atoms with Crippen LogP contribution in [0.2, 0.25) is 0 Å². The molecule has 3 heterocycles. The number of nitrogens with zero attached hydrogens (tertiary/aromatic N) is 2. The molecule has 0 spiro atoms. The molecule has 3 N–H and O–H groups in total. The minimum Gasteiger partial charge on any atom is -0.481 e. The Hall–Kier alpha value is -3.42. The van der Waals surface area contributed by atoms with E-state index in [1.54, 1.807) is 12.4 Å². The zero-order valence-electron chi connectivity index (χ0n) is 24.2. The fraction of sp³-hybridized carbons (Fsp3) is 0.548. The predicted octanol–water partition coefficient (Wildman–Crippen LogP) is 5.40. The van der Waals surface area contributed by atoms with Crippen molar-refractivity contribution in [2.45, 2.75) is 91.5 Å². The summed E-state index contributed by atoms with van der Waals surface area (Å²) >= 11 is 0. The van der Waals surface area contributed by atoms with Crippen molar-refractivity contribution in [3.8, 4) is 0 Å². The number of aliphatic carboxylic acids is 1. The Bertz CT molecular complexity index is 930. The van der Waals surface area contributed by atoms with Crippen LogP contribution in [-0.2, 0) is 14.4 Å². The molecule has 2 saturated heterocycles. The zero-order chi connectivity index (χ0) is 28.9. The molecule has 0 saturated carbocycles. The molecule has 1 atom stereocenters. The van der Waals surface area contributed by atoms with Gasteiger partial charge in [0.2, 0.25) is 11.8 Å². The van der Waals surface area contributed by atoms with E-state index in [1.807, 2.05) is 36.9 Å². The largest absolute Gasteiger partial charge is 0.481 e. The van der Waals surface area contributed by atoms with Gasteiger partial charge in [0, 0.05) is 43.8 Å². The van der Waals surface area contributed by atoms with Crippen LogP contribution in [0.15, 0.2) is 65.7 Å². The van der Waals surface area contributed by atoms with Crippen molar-refractivity contribution in [3.63, 3.8) is 0 Å². The highest BCUT2D eigenvalue weighted by molar-refractivity contribution is 5.97. The van der Waals surface area contributed by atoms with Gasteiger partial charge in [-0.3, -0.25) is 19.4 Å². The molecule has 39 heavy (non-hydrogen) atoms. The van der Waals surface area contributed by atoms with Crippen molar-refractivity contribution in [3.05, 3.63) is 65.7 Å². The van der Waals surface area contributed by atoms with E-state index in [0.29, 0.717) is 6.54 Å². The highest BCUT2D eigenvalue weighted by Crippen LogP contribution is 2.25. The number of rotatable bonds is 10. The van der Waals surface area contributed by atoms with Crippen LogP contribution < -0.4 is 10.6 Å². The third-order valence-corrected chi connectivity index (χ3v) is 6.37. The first-order valence-electron chi connectivity index (χ1n) is 14.3. The van der Waals surface area contributed by atoms with E-state index in [1.165, 1.54) is 16.8 Å². The summed E-state index contributed by atoms with van der Waals surface area (Å²) in [7, 11) is 0. The van der Waals surface area contributed by atoms with Crippen LogP contribution in [0, 0.1) is 0 Å². The number of carboxylic acid groups (broad SMARTS) is 1. The Labute approximate surface area is 234 Å². The average Bonchev–Trinajstić information content (AvgIpc) is 3.43. The van der Waals surface area contributed by atoms with E-state index in [-0.39, 0.29) is 31.3 Å². The minimum atomic E-state index is -0.970. The van der Waals surface area contributed by atoms with Crippen LogP contribution in [0.4, 0.5) is 0 Å². The number of piperidine rings is 1. The second kappa shape index (κ2) is 20.5. The van der Waals surface area contributed by atoms with E-state index in [9.17, 15) is 14.4 Å². The first-order chi connectivity index (χ1) is 18.9. The number of carbonyl (C=O) groups is 3. The van der Waals surface area contributed by atoms with Gasteiger partial charge in [-0.15, -0.1) is 0 Å². The topological polar surface area (TPSA) is 112 Å². The van der Waals surface area contributed by atoms with Gasteiger partial charge in [-0.05, 0) is 69.6 Å². The lowest BCUT2D eigenvalue weighted by atomic mass is 9.99. The third kappa shape index (κ3) is 14.3. The number of amides is 2. The summed E-state index contributed by atoms with van der Waals surface area (Å²) in [4.78, 5) is 40.6. The number of hydrogen-bond acceptors (Lipinski definition) is 5. The molecule has 2 amide bonds. The molecule has 8 heteroatoms. The fourth-order valence-electron chi connectivity index (χ4n) is 4.44. The van der Waals surface area contributed by atoms with Gasteiger partial charge in [0.05, 0.1) is 6.42 Å². The maximum absolute atomic E-state index is 12.5. The molecule has 0 bridgehead atoms. The van der Waals surface area contributed by atoms with Crippen molar-refractivity contribution in [2.75, 3.05) is 19.6 Å². The third-order valence-electron chi connectivity index (χ3n) is 6.37. The Morgan fingerprint density at radius 2 is 1.90 bits per heavy atom. The molecule has 2 fully saturated rings. The number of aromatic nitrogens is 1. The van der Waals surface area contributed by atoms with Crippen molar-refractivity contribution < 1.29 is 19.5 Å². The second-order valence-corrected chi connectivity index (χ2v) is 9.38. The van der Waals surface area contributed by atoms with Crippen molar-refractivity contribution in [1.29, 1.82) is 0 Å². The molecule has 1 unspecified atom stereocenters. The first-order valence-corrected chi connectivity index (χ1v) is 14.3. The number of likely N-dealkylation sites (tertiary alicyclic amines) is 1. The number of carboxylic acids is 1. The van der Waals surface area contributed by atoms with Crippen LogP contribution in [0.5, 0.6) is 0 Å². The molecule has 1 aromatic heterocycles. The maximum Gasteiger partial charge on any atom is 0.305 e. The van der Waals surface area contributed by atoms with E-state index in [0.717, 1.165) is 51.5 Å². The van der Waals surface area contributed by atoms with Gasteiger partial charge in [0.15, 0.2) is 0 Å². The van der Waals surface area contributed by atoms with Crippen molar-refractivity contribution >= 4 is 17.8 Å².